The molecule has 0 spiro atoms. The first-order valence-corrected chi connectivity index (χ1v) is 9.83. The van der Waals surface area contributed by atoms with Crippen LogP contribution in [0.3, 0.4) is 0 Å². The zero-order chi connectivity index (χ0) is 19.6. The Kier molecular flexibility index (Phi) is 4.38. The van der Waals surface area contributed by atoms with E-state index in [2.05, 4.69) is 15.1 Å². The van der Waals surface area contributed by atoms with Crippen LogP contribution in [-0.2, 0) is 6.61 Å². The molecule has 0 radical (unpaired) electrons. The second kappa shape index (κ2) is 7.33. The molecule has 0 aliphatic heterocycles. The van der Waals surface area contributed by atoms with E-state index >= 15 is 0 Å². The Balaban J connectivity index is 1.56. The van der Waals surface area contributed by atoms with Crippen LogP contribution < -0.4 is 10.5 Å². The molecular weight excluding hydrogens is 384 g/mol. The molecule has 0 saturated heterocycles. The number of nitrogens with zero attached hydrogens (tertiary/aromatic N) is 5. The summed E-state index contributed by atoms with van der Waals surface area (Å²) < 4.78 is 7.68. The number of hydrogen-bond acceptors (Lipinski definition) is 7. The molecule has 142 valence electrons. The van der Waals surface area contributed by atoms with Crippen LogP contribution in [0.2, 0.25) is 0 Å². The predicted molar refractivity (Wildman–Crippen MR) is 113 cm³/mol. The average Bonchev–Trinajstić information content (AvgIpc) is 3.42. The second-order valence-electron chi connectivity index (χ2n) is 6.36. The van der Waals surface area contributed by atoms with Crippen molar-refractivity contribution >= 4 is 22.7 Å². The van der Waals surface area contributed by atoms with Gasteiger partial charge >= 0.3 is 0 Å². The second-order valence-corrected chi connectivity index (χ2v) is 7.24. The zero-order valence-corrected chi connectivity index (χ0v) is 16.1. The molecule has 0 fully saturated rings. The standard InChI is InChI=1S/C21H16N6OS/c22-20-19-18(26-21(17-10-23-13-29-17)27(19)25-12-24-20)15-7-4-8-16(9-15)28-11-14-5-2-1-3-6-14/h1-10,12-13H,11H2,(H2,22,24,25). The number of aromatic nitrogens is 5. The van der Waals surface area contributed by atoms with E-state index in [1.807, 2.05) is 54.6 Å². The summed E-state index contributed by atoms with van der Waals surface area (Å²) in [6.07, 6.45) is 3.19. The van der Waals surface area contributed by atoms with Gasteiger partial charge < -0.3 is 10.5 Å². The molecule has 0 saturated carbocycles. The van der Waals surface area contributed by atoms with Gasteiger partial charge in [-0.3, -0.25) is 4.98 Å². The lowest BCUT2D eigenvalue weighted by Crippen LogP contribution is -2.00. The fourth-order valence-corrected chi connectivity index (χ4v) is 3.71. The van der Waals surface area contributed by atoms with Crippen LogP contribution in [0.5, 0.6) is 5.75 Å². The van der Waals surface area contributed by atoms with Gasteiger partial charge in [-0.15, -0.1) is 11.3 Å². The van der Waals surface area contributed by atoms with E-state index in [0.29, 0.717) is 29.5 Å². The Bertz CT molecular complexity index is 1270. The summed E-state index contributed by atoms with van der Waals surface area (Å²) in [6, 6.07) is 17.8. The summed E-state index contributed by atoms with van der Waals surface area (Å²) >= 11 is 1.49. The highest BCUT2D eigenvalue weighted by Crippen LogP contribution is 2.33. The van der Waals surface area contributed by atoms with Crippen molar-refractivity contribution in [3.05, 3.63) is 78.2 Å². The smallest absolute Gasteiger partial charge is 0.173 e. The lowest BCUT2D eigenvalue weighted by molar-refractivity contribution is 0.306. The normalized spacial score (nSPS) is 11.0. The molecule has 0 aliphatic carbocycles. The molecule has 5 aromatic rings. The Labute approximate surface area is 170 Å². The number of ether oxygens (including phenoxy) is 1. The van der Waals surface area contributed by atoms with Crippen LogP contribution in [0.4, 0.5) is 5.82 Å². The topological polar surface area (TPSA) is 91.2 Å². The monoisotopic (exact) mass is 400 g/mol. The highest BCUT2D eigenvalue weighted by Gasteiger charge is 2.19. The minimum absolute atomic E-state index is 0.369. The molecule has 29 heavy (non-hydrogen) atoms. The van der Waals surface area contributed by atoms with Gasteiger partial charge in [-0.25, -0.2) is 14.5 Å². The molecule has 3 aromatic heterocycles. The molecule has 2 N–H and O–H groups in total. The summed E-state index contributed by atoms with van der Waals surface area (Å²) in [7, 11) is 0. The number of hydrogen-bond donors (Lipinski definition) is 1. The van der Waals surface area contributed by atoms with Crippen molar-refractivity contribution in [3.63, 3.8) is 0 Å². The average molecular weight is 400 g/mol. The molecule has 0 atom stereocenters. The summed E-state index contributed by atoms with van der Waals surface area (Å²) in [5, 5.41) is 4.35. The number of benzene rings is 2. The third-order valence-corrected chi connectivity index (χ3v) is 5.24. The summed E-state index contributed by atoms with van der Waals surface area (Å²) in [5.41, 5.74) is 11.3. The summed E-state index contributed by atoms with van der Waals surface area (Å²) in [6.45, 7) is 0.492. The molecule has 0 aliphatic rings. The lowest BCUT2D eigenvalue weighted by atomic mass is 10.1. The van der Waals surface area contributed by atoms with Gasteiger partial charge in [-0.1, -0.05) is 42.5 Å². The number of thiazole rings is 1. The minimum atomic E-state index is 0.369. The predicted octanol–water partition coefficient (Wildman–Crippen LogP) is 4.08. The van der Waals surface area contributed by atoms with E-state index in [-0.39, 0.29) is 0 Å². The van der Waals surface area contributed by atoms with Gasteiger partial charge in [-0.2, -0.15) is 5.10 Å². The van der Waals surface area contributed by atoms with Crippen molar-refractivity contribution in [2.24, 2.45) is 0 Å². The quantitative estimate of drug-likeness (QED) is 0.478. The first-order valence-electron chi connectivity index (χ1n) is 8.95. The Hall–Kier alpha value is -3.78. The van der Waals surface area contributed by atoms with Crippen molar-refractivity contribution in [2.45, 2.75) is 6.61 Å². The van der Waals surface area contributed by atoms with E-state index in [1.54, 1.807) is 16.2 Å². The zero-order valence-electron chi connectivity index (χ0n) is 15.3. The van der Waals surface area contributed by atoms with Crippen LogP contribution >= 0.6 is 11.3 Å². The van der Waals surface area contributed by atoms with Crippen molar-refractivity contribution in [1.82, 2.24) is 24.6 Å². The van der Waals surface area contributed by atoms with Crippen LogP contribution in [0.25, 0.3) is 27.5 Å². The van der Waals surface area contributed by atoms with Crippen molar-refractivity contribution in [1.29, 1.82) is 0 Å². The van der Waals surface area contributed by atoms with Crippen LogP contribution in [0.15, 0.2) is 72.6 Å². The first kappa shape index (κ1) is 17.3. The molecule has 5 rings (SSSR count). The Morgan fingerprint density at radius 1 is 1.07 bits per heavy atom. The third kappa shape index (κ3) is 3.30. The Morgan fingerprint density at radius 2 is 1.97 bits per heavy atom. The highest BCUT2D eigenvalue weighted by atomic mass is 32.1. The van der Waals surface area contributed by atoms with Gasteiger partial charge in [0.05, 0.1) is 10.4 Å². The van der Waals surface area contributed by atoms with Crippen molar-refractivity contribution < 1.29 is 4.74 Å². The lowest BCUT2D eigenvalue weighted by Gasteiger charge is -2.08. The number of rotatable bonds is 5. The highest BCUT2D eigenvalue weighted by molar-refractivity contribution is 7.13. The third-order valence-electron chi connectivity index (χ3n) is 4.47. The first-order chi connectivity index (χ1) is 14.3. The van der Waals surface area contributed by atoms with E-state index in [0.717, 1.165) is 21.8 Å². The minimum Gasteiger partial charge on any atom is -0.489 e. The molecule has 0 unspecified atom stereocenters. The number of nitrogens with two attached hydrogens (primary N) is 1. The molecule has 0 bridgehead atoms. The van der Waals surface area contributed by atoms with E-state index in [1.165, 1.54) is 17.7 Å². The number of nitrogen functional groups attached to an aromatic ring is 1. The molecule has 2 aromatic carbocycles. The van der Waals surface area contributed by atoms with Crippen molar-refractivity contribution in [3.8, 4) is 27.7 Å². The number of fused-ring (bicyclic) bond motifs is 1. The fraction of sp³-hybridized carbons (Fsp3) is 0.0476. The van der Waals surface area contributed by atoms with Gasteiger partial charge in [0, 0.05) is 11.8 Å². The SMILES string of the molecule is Nc1ncnn2c(-c3cncs3)nc(-c3cccc(OCc4ccccc4)c3)c12. The van der Waals surface area contributed by atoms with Gasteiger partial charge in [0.1, 0.15) is 29.9 Å². The summed E-state index contributed by atoms with van der Waals surface area (Å²) in [5.74, 6) is 1.80. The van der Waals surface area contributed by atoms with Gasteiger partial charge in [0.2, 0.25) is 0 Å². The fourth-order valence-electron chi connectivity index (χ4n) is 3.12. The van der Waals surface area contributed by atoms with E-state index in [9.17, 15) is 0 Å². The molecule has 3 heterocycles. The van der Waals surface area contributed by atoms with Gasteiger partial charge in [0.25, 0.3) is 0 Å². The number of imidazole rings is 1. The molecule has 0 amide bonds. The van der Waals surface area contributed by atoms with Crippen LogP contribution in [0, 0.1) is 0 Å². The largest absolute Gasteiger partial charge is 0.489 e. The van der Waals surface area contributed by atoms with Crippen LogP contribution in [-0.4, -0.2) is 24.6 Å². The van der Waals surface area contributed by atoms with Crippen molar-refractivity contribution in [2.75, 3.05) is 5.73 Å². The van der Waals surface area contributed by atoms with Crippen LogP contribution in [0.1, 0.15) is 5.56 Å². The molecular formula is C21H16N6OS. The molecule has 8 heteroatoms. The van der Waals surface area contributed by atoms with Gasteiger partial charge in [-0.05, 0) is 17.7 Å². The van der Waals surface area contributed by atoms with Gasteiger partial charge in [0.15, 0.2) is 11.6 Å². The summed E-state index contributed by atoms with van der Waals surface area (Å²) in [4.78, 5) is 14.0. The maximum Gasteiger partial charge on any atom is 0.173 e. The maximum absolute atomic E-state index is 6.18. The van der Waals surface area contributed by atoms with E-state index in [4.69, 9.17) is 15.5 Å². The Morgan fingerprint density at radius 3 is 2.79 bits per heavy atom. The van der Waals surface area contributed by atoms with E-state index < -0.39 is 0 Å². The maximum atomic E-state index is 6.18. The number of anilines is 1. The molecule has 7 nitrogen and oxygen atoms in total.